The highest BCUT2D eigenvalue weighted by atomic mass is 19.4. The molecule has 1 aromatic heterocycles. The Morgan fingerprint density at radius 2 is 1.93 bits per heavy atom. The molecule has 0 spiro atoms. The molecule has 0 unspecified atom stereocenters. The van der Waals surface area contributed by atoms with E-state index in [1.165, 1.54) is 24.5 Å². The minimum Gasteiger partial charge on any atom is -0.362 e. The number of alkyl halides is 3. The quantitative estimate of drug-likeness (QED) is 0.650. The number of amides is 1. The maximum Gasteiger partial charge on any atom is 0.438 e. The third kappa shape index (κ3) is 3.24. The highest BCUT2D eigenvalue weighted by Gasteiger charge is 2.63. The number of halogens is 3. The average Bonchev–Trinajstić information content (AvgIpc) is 3.01. The Labute approximate surface area is 149 Å². The summed E-state index contributed by atoms with van der Waals surface area (Å²) in [5.74, 6) is -1.32. The summed E-state index contributed by atoms with van der Waals surface area (Å²) in [4.78, 5) is 26.4. The molecule has 140 valence electrons. The molecule has 27 heavy (non-hydrogen) atoms. The van der Waals surface area contributed by atoms with Crippen LogP contribution in [0.15, 0.2) is 53.9 Å². The van der Waals surface area contributed by atoms with Crippen molar-refractivity contribution >= 4 is 17.3 Å². The van der Waals surface area contributed by atoms with Crippen molar-refractivity contribution in [2.75, 3.05) is 0 Å². The van der Waals surface area contributed by atoms with Crippen LogP contribution in [-0.4, -0.2) is 43.5 Å². The molecule has 0 saturated heterocycles. The zero-order chi connectivity index (χ0) is 19.8. The lowest BCUT2D eigenvalue weighted by Crippen LogP contribution is -2.56. The lowest BCUT2D eigenvalue weighted by molar-refractivity contribution is -0.384. The number of hydrogen-bond acceptors (Lipinski definition) is 6. The fourth-order valence-corrected chi connectivity index (χ4v) is 2.56. The van der Waals surface area contributed by atoms with Gasteiger partial charge in [-0.05, 0) is 18.2 Å². The van der Waals surface area contributed by atoms with Crippen LogP contribution in [0.3, 0.4) is 0 Å². The molecular formula is C16H11F3N4O4. The molecule has 0 aliphatic carbocycles. The molecule has 1 N–H and O–H groups in total. The number of nitro benzene ring substituents is 1. The lowest BCUT2D eigenvalue weighted by Gasteiger charge is -2.32. The molecule has 3 rings (SSSR count). The highest BCUT2D eigenvalue weighted by Crippen LogP contribution is 2.42. The summed E-state index contributed by atoms with van der Waals surface area (Å²) in [5, 5.41) is 24.7. The maximum absolute atomic E-state index is 13.5. The maximum atomic E-state index is 13.5. The number of carbonyl (C=O) groups excluding carboxylic acids is 1. The second-order valence-electron chi connectivity index (χ2n) is 5.70. The van der Waals surface area contributed by atoms with E-state index in [2.05, 4.69) is 10.1 Å². The smallest absolute Gasteiger partial charge is 0.362 e. The molecule has 0 saturated carbocycles. The van der Waals surface area contributed by atoms with Crippen molar-refractivity contribution in [2.45, 2.75) is 18.3 Å². The van der Waals surface area contributed by atoms with Crippen LogP contribution in [0, 0.1) is 10.1 Å². The van der Waals surface area contributed by atoms with Crippen LogP contribution in [0.5, 0.6) is 0 Å². The number of aromatic nitrogens is 1. The van der Waals surface area contributed by atoms with Gasteiger partial charge in [-0.2, -0.15) is 23.3 Å². The second-order valence-corrected chi connectivity index (χ2v) is 5.70. The van der Waals surface area contributed by atoms with E-state index in [0.717, 1.165) is 24.3 Å². The van der Waals surface area contributed by atoms with E-state index in [9.17, 15) is 33.2 Å². The van der Waals surface area contributed by atoms with Crippen molar-refractivity contribution in [3.05, 3.63) is 70.0 Å². The number of carbonyl (C=O) groups is 1. The van der Waals surface area contributed by atoms with Crippen molar-refractivity contribution in [1.29, 1.82) is 0 Å². The van der Waals surface area contributed by atoms with Gasteiger partial charge in [-0.1, -0.05) is 6.07 Å². The van der Waals surface area contributed by atoms with Gasteiger partial charge >= 0.3 is 6.18 Å². The Balaban J connectivity index is 2.06. The largest absolute Gasteiger partial charge is 0.438 e. The summed E-state index contributed by atoms with van der Waals surface area (Å²) in [6.07, 6.45) is -3.53. The van der Waals surface area contributed by atoms with E-state index in [1.54, 1.807) is 0 Å². The minimum atomic E-state index is -5.21. The SMILES string of the molecule is O=C(c1cccc([N+](=O)[O-])c1)N1N=C(c2ccncc2)C[C@@]1(O)C(F)(F)F. The number of aliphatic hydroxyl groups is 1. The van der Waals surface area contributed by atoms with Crippen molar-refractivity contribution in [3.8, 4) is 0 Å². The van der Waals surface area contributed by atoms with Crippen LogP contribution in [0.2, 0.25) is 0 Å². The lowest BCUT2D eigenvalue weighted by atomic mass is 10.0. The van der Waals surface area contributed by atoms with Gasteiger partial charge in [-0.25, -0.2) is 0 Å². The molecule has 2 aromatic rings. The van der Waals surface area contributed by atoms with Crippen molar-refractivity contribution < 1.29 is 28.0 Å². The number of rotatable bonds is 3. The molecule has 2 heterocycles. The van der Waals surface area contributed by atoms with Gasteiger partial charge in [0.25, 0.3) is 17.3 Å². The van der Waals surface area contributed by atoms with Gasteiger partial charge < -0.3 is 5.11 Å². The number of non-ortho nitro benzene ring substituents is 1. The first-order chi connectivity index (χ1) is 12.6. The van der Waals surface area contributed by atoms with Crippen LogP contribution in [-0.2, 0) is 0 Å². The van der Waals surface area contributed by atoms with E-state index in [0.29, 0.717) is 0 Å². The van der Waals surface area contributed by atoms with Crippen LogP contribution in [0.4, 0.5) is 18.9 Å². The fraction of sp³-hybridized carbons (Fsp3) is 0.188. The molecule has 8 nitrogen and oxygen atoms in total. The van der Waals surface area contributed by atoms with E-state index < -0.39 is 40.4 Å². The number of nitrogens with zero attached hydrogens (tertiary/aromatic N) is 4. The molecule has 1 atom stereocenters. The summed E-state index contributed by atoms with van der Waals surface area (Å²) in [5.41, 5.74) is -4.38. The number of hydrazone groups is 1. The van der Waals surface area contributed by atoms with Crippen molar-refractivity contribution in [3.63, 3.8) is 0 Å². The standard InChI is InChI=1S/C16H11F3N4O4/c17-16(18,19)15(25)9-13(10-4-6-20-7-5-10)21-22(15)14(24)11-2-1-3-12(8-11)23(26)27/h1-8,25H,9H2/t15-/m1/s1. The second kappa shape index (κ2) is 6.43. The summed E-state index contributed by atoms with van der Waals surface area (Å²) in [7, 11) is 0. The van der Waals surface area contributed by atoms with Gasteiger partial charge in [0.1, 0.15) is 0 Å². The molecule has 0 radical (unpaired) electrons. The summed E-state index contributed by atoms with van der Waals surface area (Å²) >= 11 is 0. The van der Waals surface area contributed by atoms with Crippen LogP contribution in [0.25, 0.3) is 0 Å². The monoisotopic (exact) mass is 380 g/mol. The molecule has 1 aliphatic heterocycles. The molecule has 0 bridgehead atoms. The van der Waals surface area contributed by atoms with Gasteiger partial charge in [0.05, 0.1) is 17.1 Å². The fourth-order valence-electron chi connectivity index (χ4n) is 2.56. The zero-order valence-electron chi connectivity index (χ0n) is 13.4. The van der Waals surface area contributed by atoms with E-state index in [1.807, 2.05) is 0 Å². The number of benzene rings is 1. The Hall–Kier alpha value is -3.34. The van der Waals surface area contributed by atoms with Gasteiger partial charge in [0.15, 0.2) is 0 Å². The third-order valence-electron chi connectivity index (χ3n) is 3.95. The van der Waals surface area contributed by atoms with E-state index in [4.69, 9.17) is 0 Å². The predicted octanol–water partition coefficient (Wildman–Crippen LogP) is 2.49. The minimum absolute atomic E-state index is 0.0815. The third-order valence-corrected chi connectivity index (χ3v) is 3.95. The van der Waals surface area contributed by atoms with Gasteiger partial charge in [-0.3, -0.25) is 19.9 Å². The molecule has 1 amide bonds. The Morgan fingerprint density at radius 3 is 2.52 bits per heavy atom. The molecule has 1 aliphatic rings. The van der Waals surface area contributed by atoms with Crippen LogP contribution in [0.1, 0.15) is 22.3 Å². The van der Waals surface area contributed by atoms with Gasteiger partial charge in [0, 0.05) is 35.7 Å². The Bertz CT molecular complexity index is 933. The first-order valence-electron chi connectivity index (χ1n) is 7.49. The molecule has 0 fully saturated rings. The number of pyridine rings is 1. The first kappa shape index (κ1) is 18.5. The van der Waals surface area contributed by atoms with E-state index in [-0.39, 0.29) is 16.3 Å². The Morgan fingerprint density at radius 1 is 1.26 bits per heavy atom. The van der Waals surface area contributed by atoms with Crippen LogP contribution >= 0.6 is 0 Å². The molecular weight excluding hydrogens is 369 g/mol. The Kier molecular flexibility index (Phi) is 4.39. The summed E-state index contributed by atoms with van der Waals surface area (Å²) in [6.45, 7) is 0. The normalized spacial score (nSPS) is 19.7. The topological polar surface area (TPSA) is 109 Å². The molecule has 1 aromatic carbocycles. The highest BCUT2D eigenvalue weighted by molar-refractivity contribution is 6.05. The van der Waals surface area contributed by atoms with E-state index >= 15 is 0 Å². The summed E-state index contributed by atoms with van der Waals surface area (Å²) in [6, 6.07) is 6.93. The van der Waals surface area contributed by atoms with Crippen molar-refractivity contribution in [2.24, 2.45) is 5.10 Å². The zero-order valence-corrected chi connectivity index (χ0v) is 13.4. The average molecular weight is 380 g/mol. The number of hydrogen-bond donors (Lipinski definition) is 1. The summed E-state index contributed by atoms with van der Waals surface area (Å²) < 4.78 is 40.6. The first-order valence-corrected chi connectivity index (χ1v) is 7.49. The molecule has 11 heteroatoms. The predicted molar refractivity (Wildman–Crippen MR) is 85.7 cm³/mol. The van der Waals surface area contributed by atoms with Gasteiger partial charge in [0.2, 0.25) is 0 Å². The van der Waals surface area contributed by atoms with Gasteiger partial charge in [-0.15, -0.1) is 0 Å². The number of nitro groups is 1. The van der Waals surface area contributed by atoms with Crippen molar-refractivity contribution in [1.82, 2.24) is 9.99 Å². The van der Waals surface area contributed by atoms with Crippen LogP contribution < -0.4 is 0 Å².